The summed E-state index contributed by atoms with van der Waals surface area (Å²) >= 11 is 1.34. The number of benzene rings is 1. The molecule has 2 rings (SSSR count). The summed E-state index contributed by atoms with van der Waals surface area (Å²) in [5, 5.41) is 4.71. The van der Waals surface area contributed by atoms with E-state index in [4.69, 9.17) is 10.5 Å². The van der Waals surface area contributed by atoms with Crippen molar-refractivity contribution in [2.24, 2.45) is 0 Å². The number of rotatable bonds is 5. The fourth-order valence-electron chi connectivity index (χ4n) is 1.76. The molecule has 0 fully saturated rings. The molecule has 0 aliphatic rings. The number of amides is 1. The lowest BCUT2D eigenvalue weighted by molar-refractivity contribution is 0.103. The zero-order valence-electron chi connectivity index (χ0n) is 10.7. The average molecular weight is 276 g/mol. The minimum absolute atomic E-state index is 0.169. The number of hydrogen-bond acceptors (Lipinski definition) is 4. The van der Waals surface area contributed by atoms with Gasteiger partial charge in [-0.2, -0.15) is 0 Å². The van der Waals surface area contributed by atoms with E-state index in [0.29, 0.717) is 17.2 Å². The maximum absolute atomic E-state index is 12.1. The molecule has 19 heavy (non-hydrogen) atoms. The molecule has 1 aromatic heterocycles. The molecule has 3 N–H and O–H groups in total. The molecule has 1 heterocycles. The Labute approximate surface area is 116 Å². The van der Waals surface area contributed by atoms with Gasteiger partial charge in [-0.25, -0.2) is 0 Å². The van der Waals surface area contributed by atoms with Crippen molar-refractivity contribution >= 4 is 28.6 Å². The summed E-state index contributed by atoms with van der Waals surface area (Å²) in [4.78, 5) is 12.7. The van der Waals surface area contributed by atoms with Crippen LogP contribution in [0.4, 0.5) is 11.4 Å². The Morgan fingerprint density at radius 1 is 1.37 bits per heavy atom. The van der Waals surface area contributed by atoms with Crippen molar-refractivity contribution < 1.29 is 9.53 Å². The first kappa shape index (κ1) is 13.6. The van der Waals surface area contributed by atoms with Crippen molar-refractivity contribution in [2.75, 3.05) is 24.8 Å². The van der Waals surface area contributed by atoms with Crippen LogP contribution in [-0.2, 0) is 11.2 Å². The summed E-state index contributed by atoms with van der Waals surface area (Å²) < 4.78 is 5.07. The number of thiophene rings is 1. The summed E-state index contributed by atoms with van der Waals surface area (Å²) in [6.07, 6.45) is 0.757. The lowest BCUT2D eigenvalue weighted by Gasteiger charge is -2.10. The monoisotopic (exact) mass is 276 g/mol. The SMILES string of the molecule is COCCc1ccccc1NC(=O)c1sccc1N. The van der Waals surface area contributed by atoms with Gasteiger partial charge < -0.3 is 15.8 Å². The van der Waals surface area contributed by atoms with Crippen LogP contribution in [0.3, 0.4) is 0 Å². The van der Waals surface area contributed by atoms with Crippen LogP contribution < -0.4 is 11.1 Å². The molecular weight excluding hydrogens is 260 g/mol. The molecule has 0 spiro atoms. The molecule has 5 heteroatoms. The molecule has 0 unspecified atom stereocenters. The van der Waals surface area contributed by atoms with Crippen molar-refractivity contribution in [1.82, 2.24) is 0 Å². The van der Waals surface area contributed by atoms with Gasteiger partial charge in [0.15, 0.2) is 0 Å². The Kier molecular flexibility index (Phi) is 4.54. The summed E-state index contributed by atoms with van der Waals surface area (Å²) in [6.45, 7) is 0.619. The van der Waals surface area contributed by atoms with Crippen LogP contribution in [0.1, 0.15) is 15.2 Å². The highest BCUT2D eigenvalue weighted by molar-refractivity contribution is 7.12. The Morgan fingerprint density at radius 2 is 2.16 bits per heavy atom. The Bertz CT molecular complexity index is 566. The number of nitrogens with one attached hydrogen (secondary N) is 1. The van der Waals surface area contributed by atoms with Gasteiger partial charge in [0.2, 0.25) is 0 Å². The Hall–Kier alpha value is -1.85. The number of nitrogen functional groups attached to an aromatic ring is 1. The largest absolute Gasteiger partial charge is 0.397 e. The number of methoxy groups -OCH3 is 1. The molecule has 0 radical (unpaired) electrons. The Balaban J connectivity index is 2.15. The minimum Gasteiger partial charge on any atom is -0.397 e. The van der Waals surface area contributed by atoms with E-state index in [1.165, 1.54) is 11.3 Å². The second-order valence-corrected chi connectivity index (χ2v) is 4.98. The molecular formula is C14H16N2O2S. The zero-order chi connectivity index (χ0) is 13.7. The standard InChI is InChI=1S/C14H16N2O2S/c1-18-8-6-10-4-2-3-5-12(10)16-14(17)13-11(15)7-9-19-13/h2-5,7,9H,6,8,15H2,1H3,(H,16,17). The van der Waals surface area contributed by atoms with Gasteiger partial charge >= 0.3 is 0 Å². The van der Waals surface area contributed by atoms with E-state index in [0.717, 1.165) is 17.7 Å². The number of para-hydroxylation sites is 1. The second-order valence-electron chi connectivity index (χ2n) is 4.06. The van der Waals surface area contributed by atoms with E-state index in [1.807, 2.05) is 24.3 Å². The fraction of sp³-hybridized carbons (Fsp3) is 0.214. The summed E-state index contributed by atoms with van der Waals surface area (Å²) in [6, 6.07) is 9.43. The highest BCUT2D eigenvalue weighted by atomic mass is 32.1. The van der Waals surface area contributed by atoms with Gasteiger partial charge in [-0.3, -0.25) is 4.79 Å². The predicted octanol–water partition coefficient (Wildman–Crippen LogP) is 2.77. The van der Waals surface area contributed by atoms with E-state index < -0.39 is 0 Å². The van der Waals surface area contributed by atoms with Crippen molar-refractivity contribution in [2.45, 2.75) is 6.42 Å². The molecule has 4 nitrogen and oxygen atoms in total. The second kappa shape index (κ2) is 6.36. The quantitative estimate of drug-likeness (QED) is 0.882. The summed E-state index contributed by atoms with van der Waals surface area (Å²) in [5.41, 5.74) is 8.11. The lowest BCUT2D eigenvalue weighted by Crippen LogP contribution is -2.13. The van der Waals surface area contributed by atoms with Crippen molar-refractivity contribution in [3.05, 3.63) is 46.2 Å². The third kappa shape index (κ3) is 3.33. The maximum Gasteiger partial charge on any atom is 0.267 e. The van der Waals surface area contributed by atoms with Crippen molar-refractivity contribution in [1.29, 1.82) is 0 Å². The number of carbonyl (C=O) groups is 1. The summed E-state index contributed by atoms with van der Waals surface area (Å²) in [7, 11) is 1.66. The van der Waals surface area contributed by atoms with Crippen molar-refractivity contribution in [3.8, 4) is 0 Å². The number of nitrogens with two attached hydrogens (primary N) is 1. The van der Waals surface area contributed by atoms with Gasteiger partial charge in [0.05, 0.1) is 12.3 Å². The minimum atomic E-state index is -0.169. The number of hydrogen-bond donors (Lipinski definition) is 2. The molecule has 1 amide bonds. The van der Waals surface area contributed by atoms with Crippen LogP contribution in [0.2, 0.25) is 0 Å². The van der Waals surface area contributed by atoms with Crippen LogP contribution in [0.5, 0.6) is 0 Å². The van der Waals surface area contributed by atoms with Gasteiger partial charge in [0.25, 0.3) is 5.91 Å². The molecule has 1 aromatic carbocycles. The van der Waals surface area contributed by atoms with E-state index in [2.05, 4.69) is 5.32 Å². The number of ether oxygens (including phenoxy) is 1. The molecule has 0 saturated carbocycles. The van der Waals surface area contributed by atoms with Gasteiger partial charge in [0, 0.05) is 12.8 Å². The van der Waals surface area contributed by atoms with Crippen LogP contribution in [0.15, 0.2) is 35.7 Å². The maximum atomic E-state index is 12.1. The van der Waals surface area contributed by atoms with E-state index in [-0.39, 0.29) is 5.91 Å². The van der Waals surface area contributed by atoms with E-state index in [9.17, 15) is 4.79 Å². The zero-order valence-corrected chi connectivity index (χ0v) is 11.5. The van der Waals surface area contributed by atoms with E-state index >= 15 is 0 Å². The normalized spacial score (nSPS) is 10.4. The fourth-order valence-corrected chi connectivity index (χ4v) is 2.47. The Morgan fingerprint density at radius 3 is 2.84 bits per heavy atom. The molecule has 0 aliphatic carbocycles. The molecule has 0 saturated heterocycles. The molecule has 0 aliphatic heterocycles. The first-order chi connectivity index (χ1) is 9.22. The molecule has 0 atom stereocenters. The third-order valence-corrected chi connectivity index (χ3v) is 3.67. The predicted molar refractivity (Wildman–Crippen MR) is 78.7 cm³/mol. The smallest absolute Gasteiger partial charge is 0.267 e. The van der Waals surface area contributed by atoms with E-state index in [1.54, 1.807) is 18.6 Å². The third-order valence-electron chi connectivity index (χ3n) is 2.74. The molecule has 100 valence electrons. The number of carbonyl (C=O) groups excluding carboxylic acids is 1. The average Bonchev–Trinajstić information content (AvgIpc) is 2.84. The lowest BCUT2D eigenvalue weighted by atomic mass is 10.1. The highest BCUT2D eigenvalue weighted by Crippen LogP contribution is 2.22. The molecule has 0 bridgehead atoms. The van der Waals surface area contributed by atoms with Crippen LogP contribution >= 0.6 is 11.3 Å². The van der Waals surface area contributed by atoms with Crippen LogP contribution in [0, 0.1) is 0 Å². The van der Waals surface area contributed by atoms with Gasteiger partial charge in [-0.05, 0) is 29.5 Å². The van der Waals surface area contributed by atoms with Gasteiger partial charge in [-0.15, -0.1) is 11.3 Å². The van der Waals surface area contributed by atoms with Gasteiger partial charge in [0.1, 0.15) is 4.88 Å². The topological polar surface area (TPSA) is 64.3 Å². The van der Waals surface area contributed by atoms with Crippen molar-refractivity contribution in [3.63, 3.8) is 0 Å². The first-order valence-corrected chi connectivity index (χ1v) is 6.81. The van der Waals surface area contributed by atoms with Gasteiger partial charge in [-0.1, -0.05) is 18.2 Å². The number of anilines is 2. The van der Waals surface area contributed by atoms with Crippen LogP contribution in [0.25, 0.3) is 0 Å². The molecule has 2 aromatic rings. The highest BCUT2D eigenvalue weighted by Gasteiger charge is 2.12. The summed E-state index contributed by atoms with van der Waals surface area (Å²) in [5.74, 6) is -0.169. The first-order valence-electron chi connectivity index (χ1n) is 5.93. The van der Waals surface area contributed by atoms with Crippen LogP contribution in [-0.4, -0.2) is 19.6 Å².